The van der Waals surface area contributed by atoms with Gasteiger partial charge in [0.2, 0.25) is 11.7 Å². The molecular weight excluding hydrogens is 445 g/mol. The zero-order chi connectivity index (χ0) is 23.1. The molecule has 0 saturated heterocycles. The molecule has 1 amide bonds. The molecule has 1 aromatic heterocycles. The number of rotatable bonds is 9. The number of hydrogen-bond donors (Lipinski definition) is 1. The van der Waals surface area contributed by atoms with Crippen molar-refractivity contribution in [2.45, 2.75) is 24.5 Å². The molecule has 0 aliphatic rings. The van der Waals surface area contributed by atoms with Crippen LogP contribution in [-0.4, -0.2) is 33.5 Å². The summed E-state index contributed by atoms with van der Waals surface area (Å²) >= 11 is 0.874. The molecule has 0 aliphatic carbocycles. The van der Waals surface area contributed by atoms with E-state index in [1.807, 2.05) is 30.3 Å². The zero-order valence-electron chi connectivity index (χ0n) is 17.3. The first-order valence-electron chi connectivity index (χ1n) is 9.47. The van der Waals surface area contributed by atoms with Gasteiger partial charge in [0.25, 0.3) is 0 Å². The highest BCUT2D eigenvalue weighted by molar-refractivity contribution is 7.99. The molecule has 7 nitrogen and oxygen atoms in total. The van der Waals surface area contributed by atoms with Gasteiger partial charge in [-0.05, 0) is 23.3 Å². The van der Waals surface area contributed by atoms with Crippen LogP contribution in [0, 0.1) is 0 Å². The number of carbonyl (C=O) groups is 1. The number of nitrogens with one attached hydrogen (secondary N) is 1. The summed E-state index contributed by atoms with van der Waals surface area (Å²) in [5.74, 6) is -0.457. The van der Waals surface area contributed by atoms with E-state index in [2.05, 4.69) is 15.5 Å². The predicted molar refractivity (Wildman–Crippen MR) is 112 cm³/mol. The molecule has 3 rings (SSSR count). The molecule has 0 radical (unpaired) electrons. The second-order valence-corrected chi connectivity index (χ2v) is 7.63. The van der Waals surface area contributed by atoms with E-state index in [0.29, 0.717) is 18.1 Å². The fraction of sp³-hybridized carbons (Fsp3) is 0.286. The van der Waals surface area contributed by atoms with Crippen LogP contribution in [0.2, 0.25) is 0 Å². The summed E-state index contributed by atoms with van der Waals surface area (Å²) in [4.78, 5) is 12.1. The molecule has 2 aromatic carbocycles. The number of hydrogen-bond acceptors (Lipinski definition) is 6. The topological polar surface area (TPSA) is 78.3 Å². The zero-order valence-corrected chi connectivity index (χ0v) is 18.2. The monoisotopic (exact) mass is 466 g/mol. The van der Waals surface area contributed by atoms with Gasteiger partial charge in [-0.1, -0.05) is 48.2 Å². The van der Waals surface area contributed by atoms with Crippen LogP contribution in [0.5, 0.6) is 11.5 Å². The minimum atomic E-state index is -4.60. The number of carbonyl (C=O) groups excluding carboxylic acids is 1. The number of methoxy groups -OCH3 is 1. The van der Waals surface area contributed by atoms with Crippen molar-refractivity contribution in [2.75, 3.05) is 12.9 Å². The Morgan fingerprint density at radius 2 is 1.84 bits per heavy atom. The smallest absolute Gasteiger partial charge is 0.451 e. The molecule has 0 bridgehead atoms. The average molecular weight is 466 g/mol. The largest absolute Gasteiger partial charge is 0.493 e. The number of halogens is 3. The Morgan fingerprint density at radius 3 is 2.50 bits per heavy atom. The first-order chi connectivity index (χ1) is 15.3. The third-order valence-corrected chi connectivity index (χ3v) is 5.40. The summed E-state index contributed by atoms with van der Waals surface area (Å²) in [6.45, 7) is 0.615. The Labute approximate surface area is 186 Å². The fourth-order valence-electron chi connectivity index (χ4n) is 2.75. The lowest BCUT2D eigenvalue weighted by molar-refractivity contribution is -0.147. The highest BCUT2D eigenvalue weighted by Gasteiger charge is 2.37. The van der Waals surface area contributed by atoms with Crippen LogP contribution in [-0.2, 0) is 31.2 Å². The van der Waals surface area contributed by atoms with Crippen molar-refractivity contribution in [3.8, 4) is 11.5 Å². The Balaban J connectivity index is 1.51. The van der Waals surface area contributed by atoms with Gasteiger partial charge in [-0.15, -0.1) is 10.2 Å². The average Bonchev–Trinajstić information content (AvgIpc) is 3.16. The van der Waals surface area contributed by atoms with Gasteiger partial charge in [-0.2, -0.15) is 13.2 Å². The second-order valence-electron chi connectivity index (χ2n) is 6.69. The Morgan fingerprint density at radius 1 is 1.09 bits per heavy atom. The van der Waals surface area contributed by atoms with Crippen molar-refractivity contribution in [1.29, 1.82) is 0 Å². The molecule has 1 N–H and O–H groups in total. The van der Waals surface area contributed by atoms with Gasteiger partial charge in [0.05, 0.1) is 12.9 Å². The summed E-state index contributed by atoms with van der Waals surface area (Å²) in [6.07, 6.45) is -4.60. The molecular formula is C21H21F3N4O3S. The van der Waals surface area contributed by atoms with E-state index in [9.17, 15) is 18.0 Å². The normalized spacial score (nSPS) is 11.3. The van der Waals surface area contributed by atoms with Crippen LogP contribution in [0.4, 0.5) is 13.2 Å². The van der Waals surface area contributed by atoms with Crippen LogP contribution in [0.25, 0.3) is 0 Å². The van der Waals surface area contributed by atoms with Crippen molar-refractivity contribution in [1.82, 2.24) is 20.1 Å². The predicted octanol–water partition coefficient (Wildman–Crippen LogP) is 3.83. The summed E-state index contributed by atoms with van der Waals surface area (Å²) in [5, 5.41) is 9.35. The maximum atomic E-state index is 12.8. The Hall–Kier alpha value is -3.21. The van der Waals surface area contributed by atoms with Crippen LogP contribution in [0.15, 0.2) is 53.7 Å². The SMILES string of the molecule is COc1cc(CNC(=O)CSc2nnc(C(F)(F)F)n2C)ccc1OCc1ccccc1. The molecule has 0 saturated carbocycles. The molecule has 32 heavy (non-hydrogen) atoms. The molecule has 3 aromatic rings. The summed E-state index contributed by atoms with van der Waals surface area (Å²) in [6, 6.07) is 15.0. The quantitative estimate of drug-likeness (QED) is 0.483. The number of benzene rings is 2. The van der Waals surface area contributed by atoms with Crippen LogP contribution < -0.4 is 14.8 Å². The van der Waals surface area contributed by atoms with E-state index in [4.69, 9.17) is 9.47 Å². The van der Waals surface area contributed by atoms with Crippen molar-refractivity contribution < 1.29 is 27.4 Å². The van der Waals surface area contributed by atoms with E-state index >= 15 is 0 Å². The lowest BCUT2D eigenvalue weighted by Gasteiger charge is -2.13. The third kappa shape index (κ3) is 6.16. The number of ether oxygens (including phenoxy) is 2. The molecule has 1 heterocycles. The van der Waals surface area contributed by atoms with E-state index in [0.717, 1.165) is 27.5 Å². The standard InChI is InChI=1S/C21H21F3N4O3S/c1-28-19(21(22,23)24)26-27-20(28)32-13-18(29)25-11-15-8-9-16(17(10-15)30-2)31-12-14-6-4-3-5-7-14/h3-10H,11-13H2,1-2H3,(H,25,29). The summed E-state index contributed by atoms with van der Waals surface area (Å²) in [7, 11) is 2.73. The van der Waals surface area contributed by atoms with Crippen molar-refractivity contribution in [3.05, 3.63) is 65.5 Å². The first kappa shape index (κ1) is 23.5. The number of aromatic nitrogens is 3. The Kier molecular flexibility index (Phi) is 7.62. The van der Waals surface area contributed by atoms with E-state index in [1.165, 1.54) is 14.2 Å². The highest BCUT2D eigenvalue weighted by Crippen LogP contribution is 2.30. The molecule has 170 valence electrons. The van der Waals surface area contributed by atoms with Crippen molar-refractivity contribution in [3.63, 3.8) is 0 Å². The number of thioether (sulfide) groups is 1. The highest BCUT2D eigenvalue weighted by atomic mass is 32.2. The number of nitrogens with zero attached hydrogens (tertiary/aromatic N) is 3. The third-order valence-electron chi connectivity index (χ3n) is 4.38. The maximum absolute atomic E-state index is 12.8. The lowest BCUT2D eigenvalue weighted by Crippen LogP contribution is -2.24. The lowest BCUT2D eigenvalue weighted by atomic mass is 10.2. The molecule has 0 spiro atoms. The van der Waals surface area contributed by atoms with Gasteiger partial charge in [0.15, 0.2) is 16.7 Å². The van der Waals surface area contributed by atoms with Gasteiger partial charge < -0.3 is 19.4 Å². The number of amides is 1. The van der Waals surface area contributed by atoms with Gasteiger partial charge in [-0.25, -0.2) is 0 Å². The van der Waals surface area contributed by atoms with E-state index in [-0.39, 0.29) is 23.4 Å². The molecule has 11 heteroatoms. The first-order valence-corrected chi connectivity index (χ1v) is 10.5. The van der Waals surface area contributed by atoms with Gasteiger partial charge in [-0.3, -0.25) is 4.79 Å². The van der Waals surface area contributed by atoms with Crippen molar-refractivity contribution >= 4 is 17.7 Å². The molecule has 0 atom stereocenters. The van der Waals surface area contributed by atoms with Crippen LogP contribution in [0.1, 0.15) is 17.0 Å². The van der Waals surface area contributed by atoms with E-state index in [1.54, 1.807) is 18.2 Å². The van der Waals surface area contributed by atoms with Gasteiger partial charge >= 0.3 is 6.18 Å². The molecule has 0 aliphatic heterocycles. The fourth-order valence-corrected chi connectivity index (χ4v) is 3.49. The number of alkyl halides is 3. The van der Waals surface area contributed by atoms with Crippen molar-refractivity contribution in [2.24, 2.45) is 7.05 Å². The Bertz CT molecular complexity index is 1060. The van der Waals surface area contributed by atoms with Gasteiger partial charge in [0, 0.05) is 13.6 Å². The second kappa shape index (κ2) is 10.4. The summed E-state index contributed by atoms with van der Waals surface area (Å²) < 4.78 is 50.3. The maximum Gasteiger partial charge on any atom is 0.451 e. The minimum Gasteiger partial charge on any atom is -0.493 e. The van der Waals surface area contributed by atoms with Crippen LogP contribution in [0.3, 0.4) is 0 Å². The van der Waals surface area contributed by atoms with Crippen LogP contribution >= 0.6 is 11.8 Å². The minimum absolute atomic E-state index is 0.00839. The van der Waals surface area contributed by atoms with Gasteiger partial charge in [0.1, 0.15) is 6.61 Å². The molecule has 0 unspecified atom stereocenters. The van der Waals surface area contributed by atoms with E-state index < -0.39 is 12.0 Å². The summed E-state index contributed by atoms with van der Waals surface area (Å²) in [5.41, 5.74) is 1.80. The molecule has 0 fully saturated rings.